The Morgan fingerprint density at radius 1 is 1.14 bits per heavy atom. The van der Waals surface area contributed by atoms with Crippen molar-refractivity contribution in [3.8, 4) is 22.7 Å². The third kappa shape index (κ3) is 4.92. The molecule has 0 bridgehead atoms. The molecule has 0 saturated carbocycles. The fraction of sp³-hybridized carbons (Fsp3) is 0.344. The molecule has 1 aliphatic rings. The van der Waals surface area contributed by atoms with E-state index in [1.54, 1.807) is 24.1 Å². The van der Waals surface area contributed by atoms with Gasteiger partial charge in [-0.25, -0.2) is 13.8 Å². The Bertz CT molecular complexity index is 1880. The van der Waals surface area contributed by atoms with Crippen molar-refractivity contribution in [1.82, 2.24) is 24.0 Å². The van der Waals surface area contributed by atoms with E-state index in [0.717, 1.165) is 16.7 Å². The zero-order chi connectivity index (χ0) is 31.3. The quantitative estimate of drug-likeness (QED) is 0.259. The molecule has 4 heterocycles. The van der Waals surface area contributed by atoms with Crippen molar-refractivity contribution in [1.29, 1.82) is 0 Å². The molecule has 4 aromatic rings. The molecule has 43 heavy (non-hydrogen) atoms. The van der Waals surface area contributed by atoms with Crippen molar-refractivity contribution in [2.24, 2.45) is 5.92 Å². The molecule has 1 unspecified atom stereocenters. The number of hydrogen-bond acceptors (Lipinski definition) is 6. The summed E-state index contributed by atoms with van der Waals surface area (Å²) in [5.74, 6) is -3.15. The Morgan fingerprint density at radius 3 is 2.51 bits per heavy atom. The molecule has 0 radical (unpaired) electrons. The highest BCUT2D eigenvalue weighted by molar-refractivity contribution is 5.87. The van der Waals surface area contributed by atoms with Crippen LogP contribution in [-0.2, 0) is 4.79 Å². The molecule has 224 valence electrons. The van der Waals surface area contributed by atoms with Crippen LogP contribution in [0, 0.1) is 24.5 Å². The molecule has 3 atom stereocenters. The number of aryl methyl sites for hydroxylation is 1. The normalized spacial score (nSPS) is 18.8. The van der Waals surface area contributed by atoms with Gasteiger partial charge in [-0.3, -0.25) is 28.5 Å². The van der Waals surface area contributed by atoms with E-state index >= 15 is 4.39 Å². The Kier molecular flexibility index (Phi) is 7.76. The number of amides is 1. The van der Waals surface area contributed by atoms with Gasteiger partial charge in [0, 0.05) is 30.9 Å². The number of phenolic OH excluding ortho intramolecular Hbond substituents is 1. The highest BCUT2D eigenvalue weighted by Crippen LogP contribution is 2.37. The van der Waals surface area contributed by atoms with Gasteiger partial charge >= 0.3 is 11.1 Å². The standard InChI is InChI=1S/C32H33F2N5O4/c1-7-25(41)37-15-18(5)22(13-19(37)6)38-23-14-21(34)28(26-20(33)9-8-10-24(26)40)36-30(23)39(32(43)31(38)42)29-17(4)11-12-35-27(29)16(2)3/h7-12,14,16,18-19,22,40H,1,13,15H2,2-6H3/t18-,19-,22?/m1/s1. The van der Waals surface area contributed by atoms with Gasteiger partial charge in [-0.05, 0) is 61.9 Å². The summed E-state index contributed by atoms with van der Waals surface area (Å²) >= 11 is 0. The number of aromatic hydroxyl groups is 1. The van der Waals surface area contributed by atoms with Gasteiger partial charge < -0.3 is 10.0 Å². The number of carbonyl (C=O) groups is 1. The van der Waals surface area contributed by atoms with Gasteiger partial charge in [0.15, 0.2) is 11.5 Å². The van der Waals surface area contributed by atoms with E-state index < -0.39 is 45.8 Å². The van der Waals surface area contributed by atoms with Crippen molar-refractivity contribution in [2.75, 3.05) is 6.54 Å². The number of benzene rings is 1. The number of pyridine rings is 2. The van der Waals surface area contributed by atoms with E-state index in [2.05, 4.69) is 16.5 Å². The number of halogens is 2. The topological polar surface area (TPSA) is 110 Å². The monoisotopic (exact) mass is 589 g/mol. The molecular formula is C32H33F2N5O4. The van der Waals surface area contributed by atoms with Crippen molar-refractivity contribution >= 4 is 17.1 Å². The zero-order valence-corrected chi connectivity index (χ0v) is 24.6. The van der Waals surface area contributed by atoms with Crippen LogP contribution in [0.4, 0.5) is 8.78 Å². The third-order valence-electron chi connectivity index (χ3n) is 8.21. The van der Waals surface area contributed by atoms with Crippen molar-refractivity contribution in [2.45, 2.75) is 59.0 Å². The molecule has 0 spiro atoms. The Hall–Kier alpha value is -4.67. The minimum absolute atomic E-state index is 0.0205. The molecule has 1 aliphatic heterocycles. The lowest BCUT2D eigenvalue weighted by molar-refractivity contribution is -0.131. The number of nitrogens with zero attached hydrogens (tertiary/aromatic N) is 5. The van der Waals surface area contributed by atoms with Crippen LogP contribution >= 0.6 is 0 Å². The molecular weight excluding hydrogens is 556 g/mol. The Labute approximate surface area is 246 Å². The second-order valence-corrected chi connectivity index (χ2v) is 11.5. The largest absolute Gasteiger partial charge is 0.507 e. The number of fused-ring (bicyclic) bond motifs is 1. The first kappa shape index (κ1) is 29.8. The maximum absolute atomic E-state index is 15.9. The van der Waals surface area contributed by atoms with Gasteiger partial charge in [-0.2, -0.15) is 0 Å². The van der Waals surface area contributed by atoms with E-state index in [9.17, 15) is 23.9 Å². The van der Waals surface area contributed by atoms with Crippen molar-refractivity contribution in [3.05, 3.63) is 92.8 Å². The average molecular weight is 590 g/mol. The fourth-order valence-corrected chi connectivity index (χ4v) is 6.06. The fourth-order valence-electron chi connectivity index (χ4n) is 6.06. The van der Waals surface area contributed by atoms with Crippen LogP contribution < -0.4 is 11.1 Å². The lowest BCUT2D eigenvalue weighted by atomic mass is 9.88. The van der Waals surface area contributed by atoms with Gasteiger partial charge in [0.05, 0.1) is 22.5 Å². The zero-order valence-electron chi connectivity index (χ0n) is 24.6. The highest BCUT2D eigenvalue weighted by atomic mass is 19.1. The summed E-state index contributed by atoms with van der Waals surface area (Å²) in [5.41, 5.74) is -1.41. The molecule has 9 nitrogen and oxygen atoms in total. The molecule has 1 saturated heterocycles. The Balaban J connectivity index is 1.90. The lowest BCUT2D eigenvalue weighted by Gasteiger charge is -2.42. The van der Waals surface area contributed by atoms with E-state index in [1.807, 2.05) is 27.7 Å². The molecule has 1 aromatic carbocycles. The minimum Gasteiger partial charge on any atom is -0.507 e. The Morgan fingerprint density at radius 2 is 1.86 bits per heavy atom. The molecule has 0 aliphatic carbocycles. The summed E-state index contributed by atoms with van der Waals surface area (Å²) in [7, 11) is 0. The van der Waals surface area contributed by atoms with E-state index in [1.165, 1.54) is 22.8 Å². The summed E-state index contributed by atoms with van der Waals surface area (Å²) in [6.45, 7) is 13.1. The third-order valence-corrected chi connectivity index (χ3v) is 8.21. The van der Waals surface area contributed by atoms with Crippen LogP contribution in [0.1, 0.15) is 57.3 Å². The molecule has 5 rings (SSSR count). The van der Waals surface area contributed by atoms with Crippen LogP contribution in [0.5, 0.6) is 5.75 Å². The maximum Gasteiger partial charge on any atom is 0.322 e. The molecule has 11 heteroatoms. The van der Waals surface area contributed by atoms with E-state index in [4.69, 9.17) is 0 Å². The van der Waals surface area contributed by atoms with Gasteiger partial charge in [0.25, 0.3) is 0 Å². The smallest absolute Gasteiger partial charge is 0.322 e. The van der Waals surface area contributed by atoms with Gasteiger partial charge in [-0.15, -0.1) is 0 Å². The predicted octanol–water partition coefficient (Wildman–Crippen LogP) is 5.01. The number of likely N-dealkylation sites (tertiary alicyclic amines) is 1. The summed E-state index contributed by atoms with van der Waals surface area (Å²) in [5, 5.41) is 10.5. The van der Waals surface area contributed by atoms with Crippen LogP contribution in [0.25, 0.3) is 28.1 Å². The number of rotatable bonds is 5. The summed E-state index contributed by atoms with van der Waals surface area (Å²) in [4.78, 5) is 51.2. The summed E-state index contributed by atoms with van der Waals surface area (Å²) in [6, 6.07) is 5.40. The van der Waals surface area contributed by atoms with E-state index in [-0.39, 0.29) is 41.5 Å². The summed E-state index contributed by atoms with van der Waals surface area (Å²) < 4.78 is 33.3. The van der Waals surface area contributed by atoms with E-state index in [0.29, 0.717) is 23.4 Å². The number of carbonyl (C=O) groups excluding carboxylic acids is 1. The lowest BCUT2D eigenvalue weighted by Crippen LogP contribution is -2.52. The molecule has 1 N–H and O–H groups in total. The SMILES string of the molecule is C=CC(=O)N1C[C@@H](C)C(n2c(=O)c(=O)n(-c3c(C)ccnc3C(C)C)c3nc(-c4c(O)cccc4F)c(F)cc32)C[C@H]1C. The second kappa shape index (κ2) is 11.2. The van der Waals surface area contributed by atoms with Crippen LogP contribution in [0.15, 0.2) is 58.8 Å². The molecule has 1 amide bonds. The highest BCUT2D eigenvalue weighted by Gasteiger charge is 2.36. The average Bonchev–Trinajstić information content (AvgIpc) is 2.95. The van der Waals surface area contributed by atoms with Crippen LogP contribution in [0.3, 0.4) is 0 Å². The maximum atomic E-state index is 15.9. The number of hydrogen-bond donors (Lipinski definition) is 1. The number of phenols is 1. The first-order valence-corrected chi connectivity index (χ1v) is 14.1. The number of aromatic nitrogens is 4. The van der Waals surface area contributed by atoms with Gasteiger partial charge in [0.2, 0.25) is 5.91 Å². The minimum atomic E-state index is -0.988. The molecule has 1 fully saturated rings. The van der Waals surface area contributed by atoms with Gasteiger partial charge in [0.1, 0.15) is 17.3 Å². The van der Waals surface area contributed by atoms with Crippen molar-refractivity contribution in [3.63, 3.8) is 0 Å². The van der Waals surface area contributed by atoms with Crippen LogP contribution in [0.2, 0.25) is 0 Å². The predicted molar refractivity (Wildman–Crippen MR) is 159 cm³/mol. The first-order valence-electron chi connectivity index (χ1n) is 14.1. The molecule has 3 aromatic heterocycles. The summed E-state index contributed by atoms with van der Waals surface area (Å²) in [6.07, 6.45) is 3.13. The second-order valence-electron chi connectivity index (χ2n) is 11.5. The van der Waals surface area contributed by atoms with Gasteiger partial charge in [-0.1, -0.05) is 33.4 Å². The van der Waals surface area contributed by atoms with Crippen LogP contribution in [-0.4, -0.2) is 47.6 Å². The number of piperidine rings is 1. The van der Waals surface area contributed by atoms with Crippen molar-refractivity contribution < 1.29 is 18.7 Å². The first-order chi connectivity index (χ1) is 20.4.